The molecule has 2 aromatic carbocycles. The molecule has 1 N–H and O–H groups in total. The number of aromatic nitrogens is 1. The van der Waals surface area contributed by atoms with Gasteiger partial charge in [-0.3, -0.25) is 4.84 Å². The zero-order chi connectivity index (χ0) is 26.5. The van der Waals surface area contributed by atoms with Crippen LogP contribution >= 0.6 is 0 Å². The van der Waals surface area contributed by atoms with Crippen molar-refractivity contribution in [3.8, 4) is 11.1 Å². The van der Waals surface area contributed by atoms with Crippen molar-refractivity contribution in [3.63, 3.8) is 0 Å². The van der Waals surface area contributed by atoms with E-state index in [1.807, 2.05) is 20.8 Å². The van der Waals surface area contributed by atoms with Crippen LogP contribution in [0.3, 0.4) is 0 Å². The molecule has 3 heterocycles. The second-order valence-corrected chi connectivity index (χ2v) is 11.4. The van der Waals surface area contributed by atoms with E-state index in [0.29, 0.717) is 0 Å². The molecule has 0 amide bonds. The highest BCUT2D eigenvalue weighted by atomic mass is 16.7. The molecule has 1 aromatic heterocycles. The van der Waals surface area contributed by atoms with Crippen LogP contribution in [0.15, 0.2) is 30.3 Å². The maximum absolute atomic E-state index is 12.8. The molecular formula is C30H39N3O4. The third-order valence-corrected chi connectivity index (χ3v) is 7.48. The minimum absolute atomic E-state index is 0.624. The summed E-state index contributed by atoms with van der Waals surface area (Å²) in [5.41, 5.74) is 7.72. The Labute approximate surface area is 219 Å². The summed E-state index contributed by atoms with van der Waals surface area (Å²) in [6.07, 6.45) is -0.0307. The molecule has 1 atom stereocenters. The highest BCUT2D eigenvalue weighted by Gasteiger charge is 2.36. The molecule has 2 aliphatic heterocycles. The highest BCUT2D eigenvalue weighted by Crippen LogP contribution is 2.47. The fourth-order valence-corrected chi connectivity index (χ4v) is 5.84. The first-order valence-electron chi connectivity index (χ1n) is 13.3. The Morgan fingerprint density at radius 1 is 1.08 bits per heavy atom. The van der Waals surface area contributed by atoms with Crippen molar-refractivity contribution in [1.29, 1.82) is 0 Å². The van der Waals surface area contributed by atoms with Gasteiger partial charge in [-0.25, -0.2) is 4.79 Å². The van der Waals surface area contributed by atoms with Crippen molar-refractivity contribution in [2.45, 2.75) is 66.2 Å². The Balaban J connectivity index is 1.77. The van der Waals surface area contributed by atoms with E-state index in [-0.39, 0.29) is 0 Å². The molecule has 7 heteroatoms. The van der Waals surface area contributed by atoms with E-state index in [0.717, 1.165) is 79.1 Å². The van der Waals surface area contributed by atoms with Crippen LogP contribution in [0, 0.1) is 20.8 Å². The quantitative estimate of drug-likeness (QED) is 0.449. The molecule has 1 saturated heterocycles. The number of aliphatic carboxylic acids is 1. The lowest BCUT2D eigenvalue weighted by Gasteiger charge is -2.36. The first kappa shape index (κ1) is 25.8. The minimum Gasteiger partial charge on any atom is -0.479 e. The number of anilines is 1. The minimum atomic E-state index is -1.09. The number of ether oxygens (including phenoxy) is 1. The van der Waals surface area contributed by atoms with E-state index in [1.54, 1.807) is 0 Å². The molecule has 5 rings (SSSR count). The summed E-state index contributed by atoms with van der Waals surface area (Å²) in [6, 6.07) is 10.6. The number of benzene rings is 2. The van der Waals surface area contributed by atoms with Crippen LogP contribution in [0.5, 0.6) is 0 Å². The molecule has 0 saturated carbocycles. The zero-order valence-corrected chi connectivity index (χ0v) is 22.9. The summed E-state index contributed by atoms with van der Waals surface area (Å²) < 4.78 is 8.67. The predicted octanol–water partition coefficient (Wildman–Crippen LogP) is 5.63. The first-order chi connectivity index (χ1) is 17.5. The number of aryl methyl sites for hydroxylation is 2. The van der Waals surface area contributed by atoms with Gasteiger partial charge in [0, 0.05) is 49.4 Å². The third-order valence-electron chi connectivity index (χ3n) is 7.48. The average molecular weight is 506 g/mol. The van der Waals surface area contributed by atoms with Gasteiger partial charge in [0.05, 0.1) is 23.4 Å². The molecule has 0 unspecified atom stereocenters. The maximum atomic E-state index is 12.8. The molecular weight excluding hydrogens is 466 g/mol. The second kappa shape index (κ2) is 9.78. The SMILES string of the molecule is Cc1ccc(-c2c([C@H](OC(C)(C)C)C(=O)O)c(C)c3c4c2cc(C)n4CCN3CCN2CCCO2)cc1. The van der Waals surface area contributed by atoms with Crippen molar-refractivity contribution < 1.29 is 19.5 Å². The molecule has 0 radical (unpaired) electrons. The van der Waals surface area contributed by atoms with E-state index in [4.69, 9.17) is 9.57 Å². The van der Waals surface area contributed by atoms with Crippen LogP contribution in [0.2, 0.25) is 0 Å². The van der Waals surface area contributed by atoms with Crippen LogP contribution in [-0.2, 0) is 20.9 Å². The lowest BCUT2D eigenvalue weighted by Crippen LogP contribution is -2.38. The number of carboxylic acids is 1. The summed E-state index contributed by atoms with van der Waals surface area (Å²) in [5.74, 6) is -0.970. The lowest BCUT2D eigenvalue weighted by molar-refractivity contribution is -0.160. The molecule has 0 bridgehead atoms. The van der Waals surface area contributed by atoms with Crippen LogP contribution in [0.4, 0.5) is 5.69 Å². The lowest BCUT2D eigenvalue weighted by atomic mass is 9.87. The van der Waals surface area contributed by atoms with E-state index in [1.165, 1.54) is 16.8 Å². The van der Waals surface area contributed by atoms with Gasteiger partial charge in [0.15, 0.2) is 6.10 Å². The number of rotatable bonds is 7. The molecule has 37 heavy (non-hydrogen) atoms. The molecule has 3 aromatic rings. The van der Waals surface area contributed by atoms with Gasteiger partial charge in [-0.15, -0.1) is 0 Å². The highest BCUT2D eigenvalue weighted by molar-refractivity contribution is 6.07. The molecule has 0 aliphatic carbocycles. The Morgan fingerprint density at radius 3 is 2.43 bits per heavy atom. The van der Waals surface area contributed by atoms with Crippen molar-refractivity contribution in [2.24, 2.45) is 0 Å². The van der Waals surface area contributed by atoms with Gasteiger partial charge in [0.25, 0.3) is 0 Å². The first-order valence-corrected chi connectivity index (χ1v) is 13.3. The van der Waals surface area contributed by atoms with Crippen LogP contribution in [-0.4, -0.2) is 59.1 Å². The predicted molar refractivity (Wildman–Crippen MR) is 147 cm³/mol. The van der Waals surface area contributed by atoms with E-state index < -0.39 is 17.7 Å². The Kier molecular flexibility index (Phi) is 6.81. The maximum Gasteiger partial charge on any atom is 0.337 e. The van der Waals surface area contributed by atoms with Crippen molar-refractivity contribution in [3.05, 3.63) is 52.7 Å². The van der Waals surface area contributed by atoms with Gasteiger partial charge in [-0.2, -0.15) is 5.06 Å². The summed E-state index contributed by atoms with van der Waals surface area (Å²) >= 11 is 0. The smallest absolute Gasteiger partial charge is 0.337 e. The van der Waals surface area contributed by atoms with Crippen LogP contribution < -0.4 is 4.90 Å². The number of carboxylic acid groups (broad SMARTS) is 1. The fraction of sp³-hybridized carbons (Fsp3) is 0.500. The summed E-state index contributed by atoms with van der Waals surface area (Å²) in [7, 11) is 0. The number of nitrogens with zero attached hydrogens (tertiary/aromatic N) is 3. The van der Waals surface area contributed by atoms with Crippen molar-refractivity contribution >= 4 is 22.6 Å². The number of hydrogen-bond acceptors (Lipinski definition) is 5. The Bertz CT molecular complexity index is 1310. The number of hydrogen-bond donors (Lipinski definition) is 1. The van der Waals surface area contributed by atoms with Gasteiger partial charge in [-0.05, 0) is 70.7 Å². The van der Waals surface area contributed by atoms with Gasteiger partial charge in [0.2, 0.25) is 0 Å². The monoisotopic (exact) mass is 505 g/mol. The normalized spacial score (nSPS) is 17.1. The summed E-state index contributed by atoms with van der Waals surface area (Å²) in [6.45, 7) is 17.2. The van der Waals surface area contributed by atoms with E-state index in [2.05, 4.69) is 65.6 Å². The second-order valence-electron chi connectivity index (χ2n) is 11.4. The topological polar surface area (TPSA) is 67.2 Å². The van der Waals surface area contributed by atoms with Crippen LogP contribution in [0.1, 0.15) is 55.7 Å². The summed E-state index contributed by atoms with van der Waals surface area (Å²) in [5, 5.41) is 13.6. The number of carbonyl (C=O) groups is 1. The van der Waals surface area contributed by atoms with Gasteiger partial charge in [0.1, 0.15) is 0 Å². The van der Waals surface area contributed by atoms with Gasteiger partial charge < -0.3 is 19.3 Å². The molecule has 198 valence electrons. The van der Waals surface area contributed by atoms with Crippen molar-refractivity contribution in [1.82, 2.24) is 9.63 Å². The molecule has 2 aliphatic rings. The van der Waals surface area contributed by atoms with Gasteiger partial charge in [-0.1, -0.05) is 29.8 Å². The molecule has 1 fully saturated rings. The summed E-state index contributed by atoms with van der Waals surface area (Å²) in [4.78, 5) is 21.0. The standard InChI is InChI=1S/C30H39N3O4/c1-19-8-10-22(11-9-19)25-23-18-20(2)33-16-14-31(13-15-32-12-7-17-36-32)26(27(23)33)21(3)24(25)28(29(34)35)37-30(4,5)6/h8-11,18,28H,7,12-17H2,1-6H3,(H,34,35)/t28-/m0/s1. The number of hydroxylamine groups is 2. The largest absolute Gasteiger partial charge is 0.479 e. The fourth-order valence-electron chi connectivity index (χ4n) is 5.84. The van der Waals surface area contributed by atoms with Gasteiger partial charge >= 0.3 is 5.97 Å². The van der Waals surface area contributed by atoms with Crippen molar-refractivity contribution in [2.75, 3.05) is 37.7 Å². The molecule has 0 spiro atoms. The molecule has 7 nitrogen and oxygen atoms in total. The average Bonchev–Trinajstić information content (AvgIpc) is 3.47. The van der Waals surface area contributed by atoms with E-state index in [9.17, 15) is 9.90 Å². The van der Waals surface area contributed by atoms with Crippen LogP contribution in [0.25, 0.3) is 22.0 Å². The Morgan fingerprint density at radius 2 is 1.81 bits per heavy atom. The Hall–Kier alpha value is -2.87. The zero-order valence-electron chi connectivity index (χ0n) is 22.9. The van der Waals surface area contributed by atoms with E-state index >= 15 is 0 Å². The third kappa shape index (κ3) is 4.88.